The highest BCUT2D eigenvalue weighted by Gasteiger charge is 2.36. The average Bonchev–Trinajstić information content (AvgIpc) is 3.16. The van der Waals surface area contributed by atoms with E-state index in [1.54, 1.807) is 0 Å². The molecule has 1 heteroatoms. The van der Waals surface area contributed by atoms with E-state index in [0.29, 0.717) is 12.2 Å². The molecule has 1 aliphatic heterocycles. The number of unbranched alkanes of at least 4 members (excludes halogenated alkanes) is 7. The Balaban J connectivity index is 1.81. The zero-order chi connectivity index (χ0) is 13.8. The van der Waals surface area contributed by atoms with Gasteiger partial charge in [0.05, 0.1) is 12.2 Å². The molecule has 0 aromatic heterocycles. The Labute approximate surface area is 120 Å². The zero-order valence-electron chi connectivity index (χ0n) is 12.8. The van der Waals surface area contributed by atoms with E-state index < -0.39 is 0 Å². The van der Waals surface area contributed by atoms with Crippen molar-refractivity contribution in [3.63, 3.8) is 0 Å². The van der Waals surface area contributed by atoms with Crippen LogP contribution in [0.2, 0.25) is 0 Å². The van der Waals surface area contributed by atoms with E-state index in [0.717, 1.165) is 0 Å². The second-order valence-electron chi connectivity index (χ2n) is 5.72. The number of allylic oxidation sites excluding steroid dienone is 3. The Kier molecular flexibility index (Phi) is 9.79. The highest BCUT2D eigenvalue weighted by molar-refractivity contribution is 4.96. The van der Waals surface area contributed by atoms with E-state index in [1.807, 2.05) is 12.2 Å². The van der Waals surface area contributed by atoms with Gasteiger partial charge in [-0.2, -0.15) is 0 Å². The van der Waals surface area contributed by atoms with Crippen molar-refractivity contribution in [2.24, 2.45) is 0 Å². The number of rotatable bonds is 13. The Morgan fingerprint density at radius 3 is 2.21 bits per heavy atom. The lowest BCUT2D eigenvalue weighted by atomic mass is 10.0. The highest BCUT2D eigenvalue weighted by atomic mass is 16.6. The summed E-state index contributed by atoms with van der Waals surface area (Å²) in [4.78, 5) is 0. The SMILES string of the molecule is C=C/C=C/CCCCC1OC1CCCCCCCC. The first-order valence-electron chi connectivity index (χ1n) is 8.31. The number of hydrogen-bond acceptors (Lipinski definition) is 1. The minimum Gasteiger partial charge on any atom is -0.370 e. The lowest BCUT2D eigenvalue weighted by Gasteiger charge is -1.99. The molecule has 19 heavy (non-hydrogen) atoms. The summed E-state index contributed by atoms with van der Waals surface area (Å²) in [5.74, 6) is 0. The second kappa shape index (κ2) is 11.3. The van der Waals surface area contributed by atoms with Gasteiger partial charge in [-0.25, -0.2) is 0 Å². The summed E-state index contributed by atoms with van der Waals surface area (Å²) in [5.41, 5.74) is 0. The molecule has 2 atom stereocenters. The molecule has 1 rings (SSSR count). The monoisotopic (exact) mass is 264 g/mol. The van der Waals surface area contributed by atoms with Crippen LogP contribution in [0.5, 0.6) is 0 Å². The standard InChI is InChI=1S/C18H32O/c1-3-5-7-9-11-13-15-17-18(19-17)16-14-12-10-8-6-4-2/h3,5,7,17-18H,1,4,6,8-16H2,2H3/b7-5+. The van der Waals surface area contributed by atoms with Gasteiger partial charge in [-0.05, 0) is 25.7 Å². The first-order chi connectivity index (χ1) is 9.38. The van der Waals surface area contributed by atoms with Gasteiger partial charge < -0.3 is 4.74 Å². The lowest BCUT2D eigenvalue weighted by molar-refractivity contribution is 0.348. The number of hydrogen-bond donors (Lipinski definition) is 0. The van der Waals surface area contributed by atoms with E-state index in [9.17, 15) is 0 Å². The maximum Gasteiger partial charge on any atom is 0.0841 e. The Hall–Kier alpha value is -0.560. The lowest BCUT2D eigenvalue weighted by Crippen LogP contribution is -1.94. The molecule has 1 nitrogen and oxygen atoms in total. The van der Waals surface area contributed by atoms with Gasteiger partial charge in [0.15, 0.2) is 0 Å². The van der Waals surface area contributed by atoms with Crippen LogP contribution in [0.3, 0.4) is 0 Å². The van der Waals surface area contributed by atoms with E-state index in [4.69, 9.17) is 4.74 Å². The smallest absolute Gasteiger partial charge is 0.0841 e. The predicted molar refractivity (Wildman–Crippen MR) is 84.5 cm³/mol. The normalized spacial score (nSPS) is 21.9. The molecule has 0 aromatic rings. The summed E-state index contributed by atoms with van der Waals surface area (Å²) >= 11 is 0. The van der Waals surface area contributed by atoms with Crippen LogP contribution in [0.15, 0.2) is 24.8 Å². The van der Waals surface area contributed by atoms with Crippen molar-refractivity contribution < 1.29 is 4.74 Å². The van der Waals surface area contributed by atoms with Crippen molar-refractivity contribution in [2.75, 3.05) is 0 Å². The molecule has 2 unspecified atom stereocenters. The molecule has 0 spiro atoms. The molecule has 0 aliphatic carbocycles. The van der Waals surface area contributed by atoms with Crippen molar-refractivity contribution in [1.82, 2.24) is 0 Å². The van der Waals surface area contributed by atoms with Crippen LogP contribution in [0.25, 0.3) is 0 Å². The predicted octanol–water partition coefficient (Wildman–Crippen LogP) is 5.81. The van der Waals surface area contributed by atoms with Crippen LogP contribution in [0.1, 0.15) is 77.6 Å². The Bertz CT molecular complexity index is 244. The maximum atomic E-state index is 5.74. The van der Waals surface area contributed by atoms with Gasteiger partial charge in [0.2, 0.25) is 0 Å². The quantitative estimate of drug-likeness (QED) is 0.232. The van der Waals surface area contributed by atoms with Gasteiger partial charge >= 0.3 is 0 Å². The first-order valence-corrected chi connectivity index (χ1v) is 8.31. The van der Waals surface area contributed by atoms with E-state index >= 15 is 0 Å². The van der Waals surface area contributed by atoms with Crippen LogP contribution >= 0.6 is 0 Å². The molecule has 1 aliphatic rings. The molecule has 0 N–H and O–H groups in total. The van der Waals surface area contributed by atoms with Crippen molar-refractivity contribution in [1.29, 1.82) is 0 Å². The molecule has 1 fully saturated rings. The number of ether oxygens (including phenoxy) is 1. The van der Waals surface area contributed by atoms with E-state index in [-0.39, 0.29) is 0 Å². The summed E-state index contributed by atoms with van der Waals surface area (Å²) in [6, 6.07) is 0. The fourth-order valence-corrected chi connectivity index (χ4v) is 2.61. The minimum atomic E-state index is 0.596. The first kappa shape index (κ1) is 16.5. The zero-order valence-corrected chi connectivity index (χ0v) is 12.8. The van der Waals surface area contributed by atoms with Gasteiger partial charge in [0.25, 0.3) is 0 Å². The van der Waals surface area contributed by atoms with Crippen molar-refractivity contribution in [3.05, 3.63) is 24.8 Å². The van der Waals surface area contributed by atoms with Crippen LogP contribution in [-0.2, 0) is 4.74 Å². The molecule has 0 saturated carbocycles. The third kappa shape index (κ3) is 9.04. The third-order valence-corrected chi connectivity index (χ3v) is 3.91. The van der Waals surface area contributed by atoms with Crippen LogP contribution < -0.4 is 0 Å². The van der Waals surface area contributed by atoms with Gasteiger partial charge in [0.1, 0.15) is 0 Å². The molecular formula is C18H32O. The maximum absolute atomic E-state index is 5.74. The van der Waals surface area contributed by atoms with Gasteiger partial charge in [-0.15, -0.1) is 0 Å². The van der Waals surface area contributed by atoms with Crippen molar-refractivity contribution in [3.8, 4) is 0 Å². The van der Waals surface area contributed by atoms with Crippen LogP contribution in [0.4, 0.5) is 0 Å². The largest absolute Gasteiger partial charge is 0.370 e. The topological polar surface area (TPSA) is 12.5 Å². The van der Waals surface area contributed by atoms with Crippen molar-refractivity contribution in [2.45, 2.75) is 89.8 Å². The van der Waals surface area contributed by atoms with Crippen LogP contribution in [0, 0.1) is 0 Å². The van der Waals surface area contributed by atoms with E-state index in [2.05, 4.69) is 19.6 Å². The molecule has 0 aromatic carbocycles. The minimum absolute atomic E-state index is 0.596. The summed E-state index contributed by atoms with van der Waals surface area (Å²) in [5, 5.41) is 0. The van der Waals surface area contributed by atoms with E-state index in [1.165, 1.54) is 70.6 Å². The average molecular weight is 264 g/mol. The molecular weight excluding hydrogens is 232 g/mol. The molecule has 110 valence electrons. The number of epoxide rings is 1. The second-order valence-corrected chi connectivity index (χ2v) is 5.72. The summed E-state index contributed by atoms with van der Waals surface area (Å²) in [6.45, 7) is 5.95. The molecule has 1 heterocycles. The fraction of sp³-hybridized carbons (Fsp3) is 0.778. The summed E-state index contributed by atoms with van der Waals surface area (Å²) < 4.78 is 5.74. The van der Waals surface area contributed by atoms with Crippen molar-refractivity contribution >= 4 is 0 Å². The highest BCUT2D eigenvalue weighted by Crippen LogP contribution is 2.31. The summed E-state index contributed by atoms with van der Waals surface area (Å²) in [7, 11) is 0. The third-order valence-electron chi connectivity index (χ3n) is 3.91. The summed E-state index contributed by atoms with van der Waals surface area (Å²) in [6.07, 6.45) is 22.0. The molecule has 0 amide bonds. The van der Waals surface area contributed by atoms with Gasteiger partial charge in [-0.3, -0.25) is 0 Å². The van der Waals surface area contributed by atoms with Gasteiger partial charge in [-0.1, -0.05) is 76.7 Å². The molecule has 0 radical (unpaired) electrons. The Morgan fingerprint density at radius 1 is 0.895 bits per heavy atom. The Morgan fingerprint density at radius 2 is 1.53 bits per heavy atom. The molecule has 1 saturated heterocycles. The van der Waals surface area contributed by atoms with Gasteiger partial charge in [0, 0.05) is 0 Å². The fourth-order valence-electron chi connectivity index (χ4n) is 2.61. The van der Waals surface area contributed by atoms with Crippen LogP contribution in [-0.4, -0.2) is 12.2 Å². The molecule has 0 bridgehead atoms.